The summed E-state index contributed by atoms with van der Waals surface area (Å²) in [5.41, 5.74) is 3.81. The number of fused-ring (bicyclic) bond motifs is 1. The van der Waals surface area contributed by atoms with E-state index in [0.717, 1.165) is 12.3 Å². The lowest BCUT2D eigenvalue weighted by Gasteiger charge is -2.59. The minimum Gasteiger partial charge on any atom is -0.0995 e. The second-order valence-corrected chi connectivity index (χ2v) is 8.06. The first-order valence-corrected chi connectivity index (χ1v) is 8.84. The van der Waals surface area contributed by atoms with E-state index in [2.05, 4.69) is 46.9 Å². The Morgan fingerprint density at radius 3 is 2.67 bits per heavy atom. The molecule has 0 unspecified atom stereocenters. The minimum atomic E-state index is 0.455. The van der Waals surface area contributed by atoms with Gasteiger partial charge in [-0.1, -0.05) is 70.1 Å². The van der Waals surface area contributed by atoms with Gasteiger partial charge < -0.3 is 0 Å². The Morgan fingerprint density at radius 2 is 2.05 bits per heavy atom. The van der Waals surface area contributed by atoms with Gasteiger partial charge >= 0.3 is 0 Å². The highest BCUT2D eigenvalue weighted by atomic mass is 14.6. The van der Waals surface area contributed by atoms with Crippen LogP contribution in [0, 0.1) is 22.7 Å². The van der Waals surface area contributed by atoms with Crippen LogP contribution in [0.2, 0.25) is 0 Å². The largest absolute Gasteiger partial charge is 0.0995 e. The molecule has 2 saturated carbocycles. The zero-order chi connectivity index (χ0) is 15.7. The first kappa shape index (κ1) is 16.6. The number of rotatable bonds is 4. The molecule has 21 heavy (non-hydrogen) atoms. The van der Waals surface area contributed by atoms with Crippen molar-refractivity contribution in [3.05, 3.63) is 36.5 Å². The van der Waals surface area contributed by atoms with Crippen LogP contribution in [-0.2, 0) is 0 Å². The molecule has 0 radical (unpaired) electrons. The molecule has 0 aromatic heterocycles. The fraction of sp³-hybridized carbons (Fsp3) is 0.714. The first-order valence-electron chi connectivity index (χ1n) is 8.84. The molecule has 0 heteroatoms. The summed E-state index contributed by atoms with van der Waals surface area (Å²) in [5.74, 6) is 1.54. The summed E-state index contributed by atoms with van der Waals surface area (Å²) in [6, 6.07) is 0. The van der Waals surface area contributed by atoms with Gasteiger partial charge in [-0.15, -0.1) is 0 Å². The standard InChI is InChI=1S/C21H34/c1-7-16(3)10-12-18-17(4)11-13-19-20(5,8-2)14-9-15-21(18,19)6/h7,10,18-19H,1,4,8-9,11-15H2,2-3,5-6H3/b16-10-/t18-,19-,20-,21+/m0/s1. The lowest BCUT2D eigenvalue weighted by molar-refractivity contribution is -0.0622. The molecular formula is C21H34. The van der Waals surface area contributed by atoms with Crippen LogP contribution < -0.4 is 0 Å². The van der Waals surface area contributed by atoms with Gasteiger partial charge in [0.2, 0.25) is 0 Å². The maximum atomic E-state index is 4.45. The van der Waals surface area contributed by atoms with Gasteiger partial charge in [-0.25, -0.2) is 0 Å². The van der Waals surface area contributed by atoms with E-state index in [1.165, 1.54) is 49.7 Å². The molecule has 4 atom stereocenters. The molecule has 0 amide bonds. The molecule has 0 bridgehead atoms. The van der Waals surface area contributed by atoms with Crippen molar-refractivity contribution in [1.29, 1.82) is 0 Å². The van der Waals surface area contributed by atoms with Gasteiger partial charge in [0.05, 0.1) is 0 Å². The Kier molecular flexibility index (Phi) is 4.85. The molecule has 0 aromatic rings. The molecule has 0 heterocycles. The van der Waals surface area contributed by atoms with Crippen LogP contribution in [0.25, 0.3) is 0 Å². The van der Waals surface area contributed by atoms with E-state index < -0.39 is 0 Å². The lowest BCUT2D eigenvalue weighted by Crippen LogP contribution is -2.50. The highest BCUT2D eigenvalue weighted by molar-refractivity contribution is 5.20. The molecule has 2 aliphatic rings. The molecule has 2 aliphatic carbocycles. The van der Waals surface area contributed by atoms with Crippen molar-refractivity contribution in [1.82, 2.24) is 0 Å². The van der Waals surface area contributed by atoms with E-state index in [9.17, 15) is 0 Å². The third-order valence-electron chi connectivity index (χ3n) is 6.95. The van der Waals surface area contributed by atoms with Gasteiger partial charge in [0.25, 0.3) is 0 Å². The average Bonchev–Trinajstić information content (AvgIpc) is 2.45. The summed E-state index contributed by atoms with van der Waals surface area (Å²) >= 11 is 0. The Bertz CT molecular complexity index is 441. The van der Waals surface area contributed by atoms with E-state index in [1.54, 1.807) is 0 Å². The zero-order valence-electron chi connectivity index (χ0n) is 14.7. The molecule has 0 nitrogen and oxygen atoms in total. The van der Waals surface area contributed by atoms with Crippen LogP contribution >= 0.6 is 0 Å². The molecule has 2 rings (SSSR count). The fourth-order valence-electron chi connectivity index (χ4n) is 5.33. The van der Waals surface area contributed by atoms with Crippen molar-refractivity contribution >= 4 is 0 Å². The number of hydrogen-bond acceptors (Lipinski definition) is 0. The van der Waals surface area contributed by atoms with E-state index in [0.29, 0.717) is 16.7 Å². The highest BCUT2D eigenvalue weighted by Crippen LogP contribution is 2.62. The van der Waals surface area contributed by atoms with Crippen molar-refractivity contribution in [3.63, 3.8) is 0 Å². The topological polar surface area (TPSA) is 0 Å². The van der Waals surface area contributed by atoms with Crippen molar-refractivity contribution < 1.29 is 0 Å². The summed E-state index contributed by atoms with van der Waals surface area (Å²) in [4.78, 5) is 0. The molecular weight excluding hydrogens is 252 g/mol. The average molecular weight is 287 g/mol. The van der Waals surface area contributed by atoms with E-state index in [4.69, 9.17) is 0 Å². The number of hydrogen-bond donors (Lipinski definition) is 0. The fourth-order valence-corrected chi connectivity index (χ4v) is 5.33. The molecule has 0 aliphatic heterocycles. The minimum absolute atomic E-state index is 0.455. The molecule has 0 spiro atoms. The molecule has 0 N–H and O–H groups in total. The summed E-state index contributed by atoms with van der Waals surface area (Å²) in [6.07, 6.45) is 13.6. The van der Waals surface area contributed by atoms with E-state index in [1.807, 2.05) is 6.08 Å². The monoisotopic (exact) mass is 286 g/mol. The predicted octanol–water partition coefficient (Wildman–Crippen LogP) is 6.70. The maximum absolute atomic E-state index is 4.45. The Labute approximate surface area is 132 Å². The molecule has 2 fully saturated rings. The van der Waals surface area contributed by atoms with Crippen molar-refractivity contribution in [2.24, 2.45) is 22.7 Å². The summed E-state index contributed by atoms with van der Waals surface area (Å²) < 4.78 is 0. The van der Waals surface area contributed by atoms with Gasteiger partial charge in [0, 0.05) is 0 Å². The van der Waals surface area contributed by atoms with Gasteiger partial charge in [0.1, 0.15) is 0 Å². The second-order valence-electron chi connectivity index (χ2n) is 8.06. The van der Waals surface area contributed by atoms with Gasteiger partial charge in [-0.05, 0) is 61.7 Å². The SMILES string of the molecule is C=C/C(C)=C\C[C@H]1C(=C)CC[C@H]2[C@@](C)(CC)CCC[C@]12C. The molecule has 0 aromatic carbocycles. The quantitative estimate of drug-likeness (QED) is 0.398. The van der Waals surface area contributed by atoms with Gasteiger partial charge in [-0.2, -0.15) is 0 Å². The van der Waals surface area contributed by atoms with Crippen LogP contribution in [0.3, 0.4) is 0 Å². The Morgan fingerprint density at radius 1 is 1.33 bits per heavy atom. The maximum Gasteiger partial charge on any atom is -0.0114 e. The lowest BCUT2D eigenvalue weighted by atomic mass is 9.46. The zero-order valence-corrected chi connectivity index (χ0v) is 14.7. The normalized spacial score (nSPS) is 40.8. The first-order chi connectivity index (χ1) is 9.87. The van der Waals surface area contributed by atoms with Crippen molar-refractivity contribution in [3.8, 4) is 0 Å². The van der Waals surface area contributed by atoms with Crippen LogP contribution in [0.15, 0.2) is 36.5 Å². The summed E-state index contributed by atoms with van der Waals surface area (Å²) in [5, 5.41) is 0. The van der Waals surface area contributed by atoms with Crippen molar-refractivity contribution in [2.75, 3.05) is 0 Å². The number of allylic oxidation sites excluding steroid dienone is 4. The van der Waals surface area contributed by atoms with E-state index >= 15 is 0 Å². The molecule has 118 valence electrons. The second kappa shape index (κ2) is 6.15. The van der Waals surface area contributed by atoms with Crippen LogP contribution in [0.1, 0.15) is 72.6 Å². The third-order valence-corrected chi connectivity index (χ3v) is 6.95. The summed E-state index contributed by atoms with van der Waals surface area (Å²) in [6.45, 7) is 18.0. The highest BCUT2D eigenvalue weighted by Gasteiger charge is 2.53. The Hall–Kier alpha value is -0.780. The van der Waals surface area contributed by atoms with Crippen LogP contribution in [-0.4, -0.2) is 0 Å². The molecule has 0 saturated heterocycles. The van der Waals surface area contributed by atoms with Gasteiger partial charge in [0.15, 0.2) is 0 Å². The van der Waals surface area contributed by atoms with Crippen molar-refractivity contribution in [2.45, 2.75) is 72.6 Å². The smallest absolute Gasteiger partial charge is 0.0114 e. The summed E-state index contributed by atoms with van der Waals surface area (Å²) in [7, 11) is 0. The predicted molar refractivity (Wildman–Crippen MR) is 94.3 cm³/mol. The Balaban J connectivity index is 2.31. The van der Waals surface area contributed by atoms with Crippen LogP contribution in [0.4, 0.5) is 0 Å². The third kappa shape index (κ3) is 2.91. The van der Waals surface area contributed by atoms with Gasteiger partial charge in [-0.3, -0.25) is 0 Å². The van der Waals surface area contributed by atoms with Crippen LogP contribution in [0.5, 0.6) is 0 Å². The van der Waals surface area contributed by atoms with E-state index in [-0.39, 0.29) is 0 Å².